The molecule has 5 heteroatoms. The number of phenolic OH excluding ortho intramolecular Hbond substituents is 1. The first-order valence-electron chi connectivity index (χ1n) is 6.07. The Morgan fingerprint density at radius 3 is 2.55 bits per heavy atom. The SMILES string of the molecule is O=C(N[C@@H](CO)c1ccccc1)c1cc(Cl)ccc1O. The summed E-state index contributed by atoms with van der Waals surface area (Å²) in [6.45, 7) is -0.239. The summed E-state index contributed by atoms with van der Waals surface area (Å²) in [6, 6.07) is 12.8. The second kappa shape index (κ2) is 6.41. The number of aromatic hydroxyl groups is 1. The Labute approximate surface area is 121 Å². The lowest BCUT2D eigenvalue weighted by Crippen LogP contribution is -2.30. The maximum Gasteiger partial charge on any atom is 0.255 e. The Bertz CT molecular complexity index is 601. The van der Waals surface area contributed by atoms with E-state index >= 15 is 0 Å². The van der Waals surface area contributed by atoms with Crippen molar-refractivity contribution in [3.05, 3.63) is 64.7 Å². The van der Waals surface area contributed by atoms with Gasteiger partial charge in [-0.1, -0.05) is 41.9 Å². The van der Waals surface area contributed by atoms with Gasteiger partial charge in [-0.3, -0.25) is 4.79 Å². The smallest absolute Gasteiger partial charge is 0.255 e. The van der Waals surface area contributed by atoms with Crippen LogP contribution in [0.3, 0.4) is 0 Å². The molecule has 0 saturated carbocycles. The molecule has 0 fully saturated rings. The van der Waals surface area contributed by atoms with Gasteiger partial charge in [0, 0.05) is 5.02 Å². The summed E-state index contributed by atoms with van der Waals surface area (Å²) in [7, 11) is 0. The number of halogens is 1. The van der Waals surface area contributed by atoms with Crippen LogP contribution < -0.4 is 5.32 Å². The Morgan fingerprint density at radius 2 is 1.90 bits per heavy atom. The van der Waals surface area contributed by atoms with Gasteiger partial charge in [0.1, 0.15) is 5.75 Å². The highest BCUT2D eigenvalue weighted by molar-refractivity contribution is 6.31. The molecule has 2 rings (SSSR count). The number of benzene rings is 2. The van der Waals surface area contributed by atoms with Crippen LogP contribution in [0.15, 0.2) is 48.5 Å². The van der Waals surface area contributed by atoms with Crippen LogP contribution in [-0.2, 0) is 0 Å². The van der Waals surface area contributed by atoms with E-state index in [2.05, 4.69) is 5.32 Å². The number of carbonyl (C=O) groups is 1. The maximum atomic E-state index is 12.1. The minimum absolute atomic E-state index is 0.0758. The summed E-state index contributed by atoms with van der Waals surface area (Å²) in [6.07, 6.45) is 0. The van der Waals surface area contributed by atoms with Crippen molar-refractivity contribution in [1.29, 1.82) is 0 Å². The van der Waals surface area contributed by atoms with Crippen LogP contribution in [0.5, 0.6) is 5.75 Å². The molecule has 0 heterocycles. The van der Waals surface area contributed by atoms with Gasteiger partial charge in [-0.05, 0) is 23.8 Å². The summed E-state index contributed by atoms with van der Waals surface area (Å²) in [5.74, 6) is -0.649. The van der Waals surface area contributed by atoms with Gasteiger partial charge in [0.15, 0.2) is 0 Å². The largest absolute Gasteiger partial charge is 0.507 e. The lowest BCUT2D eigenvalue weighted by Gasteiger charge is -2.17. The Hall–Kier alpha value is -2.04. The van der Waals surface area contributed by atoms with E-state index in [1.807, 2.05) is 18.2 Å². The molecule has 0 saturated heterocycles. The standard InChI is InChI=1S/C15H14ClNO3/c16-11-6-7-14(19)12(8-11)15(20)17-13(9-18)10-4-2-1-3-5-10/h1-8,13,18-19H,9H2,(H,17,20)/t13-/m0/s1. The second-order valence-corrected chi connectivity index (χ2v) is 4.72. The summed E-state index contributed by atoms with van der Waals surface area (Å²) >= 11 is 5.81. The van der Waals surface area contributed by atoms with E-state index in [1.54, 1.807) is 12.1 Å². The molecule has 2 aromatic carbocycles. The van der Waals surface area contributed by atoms with Crippen LogP contribution in [0.1, 0.15) is 22.0 Å². The Morgan fingerprint density at radius 1 is 1.20 bits per heavy atom. The van der Waals surface area contributed by atoms with Crippen molar-refractivity contribution < 1.29 is 15.0 Å². The van der Waals surface area contributed by atoms with Crippen molar-refractivity contribution in [2.24, 2.45) is 0 Å². The van der Waals surface area contributed by atoms with Gasteiger partial charge < -0.3 is 15.5 Å². The van der Waals surface area contributed by atoms with Gasteiger partial charge in [-0.25, -0.2) is 0 Å². The molecular formula is C15H14ClNO3. The van der Waals surface area contributed by atoms with E-state index in [0.29, 0.717) is 5.02 Å². The quantitative estimate of drug-likeness (QED) is 0.811. The number of aliphatic hydroxyl groups is 1. The molecule has 20 heavy (non-hydrogen) atoms. The van der Waals surface area contributed by atoms with Crippen LogP contribution in [0, 0.1) is 0 Å². The molecule has 0 aliphatic rings. The summed E-state index contributed by atoms with van der Waals surface area (Å²) in [5.41, 5.74) is 0.858. The number of phenols is 1. The van der Waals surface area contributed by atoms with E-state index in [-0.39, 0.29) is 17.9 Å². The van der Waals surface area contributed by atoms with Crippen LogP contribution in [0.25, 0.3) is 0 Å². The fourth-order valence-electron chi connectivity index (χ4n) is 1.85. The van der Waals surface area contributed by atoms with E-state index in [1.165, 1.54) is 18.2 Å². The molecule has 0 bridgehead atoms. The van der Waals surface area contributed by atoms with Crippen molar-refractivity contribution in [3.8, 4) is 5.75 Å². The zero-order chi connectivity index (χ0) is 14.5. The monoisotopic (exact) mass is 291 g/mol. The molecule has 0 aromatic heterocycles. The van der Waals surface area contributed by atoms with Crippen LogP contribution in [-0.4, -0.2) is 22.7 Å². The molecule has 3 N–H and O–H groups in total. The van der Waals surface area contributed by atoms with Gasteiger partial charge >= 0.3 is 0 Å². The molecule has 0 spiro atoms. The average Bonchev–Trinajstić information content (AvgIpc) is 2.48. The third-order valence-corrected chi connectivity index (χ3v) is 3.13. The highest BCUT2D eigenvalue weighted by Gasteiger charge is 2.17. The summed E-state index contributed by atoms with van der Waals surface area (Å²) < 4.78 is 0. The maximum absolute atomic E-state index is 12.1. The molecule has 4 nitrogen and oxygen atoms in total. The van der Waals surface area contributed by atoms with Crippen molar-refractivity contribution in [3.63, 3.8) is 0 Å². The highest BCUT2D eigenvalue weighted by atomic mass is 35.5. The minimum atomic E-state index is -0.540. The van der Waals surface area contributed by atoms with Crippen LogP contribution in [0.2, 0.25) is 5.02 Å². The predicted octanol–water partition coefficient (Wildman–Crippen LogP) is 2.51. The van der Waals surface area contributed by atoms with Gasteiger partial charge in [0.05, 0.1) is 18.2 Å². The molecule has 1 amide bonds. The van der Waals surface area contributed by atoms with Crippen molar-refractivity contribution in [1.82, 2.24) is 5.32 Å². The fourth-order valence-corrected chi connectivity index (χ4v) is 2.02. The van der Waals surface area contributed by atoms with Gasteiger partial charge in [-0.2, -0.15) is 0 Å². The average molecular weight is 292 g/mol. The summed E-state index contributed by atoms with van der Waals surface area (Å²) in [5, 5.41) is 22.1. The normalized spacial score (nSPS) is 11.9. The molecule has 104 valence electrons. The van der Waals surface area contributed by atoms with Crippen molar-refractivity contribution in [2.75, 3.05) is 6.61 Å². The highest BCUT2D eigenvalue weighted by Crippen LogP contribution is 2.22. The lowest BCUT2D eigenvalue weighted by molar-refractivity contribution is 0.0913. The first-order chi connectivity index (χ1) is 9.61. The molecule has 0 aliphatic carbocycles. The molecule has 1 atom stereocenters. The molecular weight excluding hydrogens is 278 g/mol. The van der Waals surface area contributed by atoms with Gasteiger partial charge in [0.2, 0.25) is 0 Å². The van der Waals surface area contributed by atoms with E-state index < -0.39 is 11.9 Å². The fraction of sp³-hybridized carbons (Fsp3) is 0.133. The van der Waals surface area contributed by atoms with E-state index in [0.717, 1.165) is 5.56 Å². The zero-order valence-electron chi connectivity index (χ0n) is 10.6. The number of aliphatic hydroxyl groups excluding tert-OH is 1. The first kappa shape index (κ1) is 14.4. The number of nitrogens with one attached hydrogen (secondary N) is 1. The minimum Gasteiger partial charge on any atom is -0.507 e. The Balaban J connectivity index is 2.20. The molecule has 0 unspecified atom stereocenters. The van der Waals surface area contributed by atoms with Gasteiger partial charge in [-0.15, -0.1) is 0 Å². The molecule has 2 aromatic rings. The first-order valence-corrected chi connectivity index (χ1v) is 6.45. The number of hydrogen-bond donors (Lipinski definition) is 3. The number of rotatable bonds is 4. The number of amides is 1. The number of hydrogen-bond acceptors (Lipinski definition) is 3. The second-order valence-electron chi connectivity index (χ2n) is 4.28. The van der Waals surface area contributed by atoms with Crippen LogP contribution >= 0.6 is 11.6 Å². The van der Waals surface area contributed by atoms with Crippen molar-refractivity contribution >= 4 is 17.5 Å². The van der Waals surface area contributed by atoms with Gasteiger partial charge in [0.25, 0.3) is 5.91 Å². The van der Waals surface area contributed by atoms with E-state index in [4.69, 9.17) is 11.6 Å². The molecule has 0 radical (unpaired) electrons. The predicted molar refractivity (Wildman–Crippen MR) is 76.9 cm³/mol. The third kappa shape index (κ3) is 3.29. The lowest BCUT2D eigenvalue weighted by atomic mass is 10.1. The number of carbonyl (C=O) groups excluding carboxylic acids is 1. The van der Waals surface area contributed by atoms with E-state index in [9.17, 15) is 15.0 Å². The molecule has 0 aliphatic heterocycles. The van der Waals surface area contributed by atoms with Crippen molar-refractivity contribution in [2.45, 2.75) is 6.04 Å². The zero-order valence-corrected chi connectivity index (χ0v) is 11.3. The van der Waals surface area contributed by atoms with Crippen LogP contribution in [0.4, 0.5) is 0 Å². The Kier molecular flexibility index (Phi) is 4.61. The topological polar surface area (TPSA) is 69.6 Å². The summed E-state index contributed by atoms with van der Waals surface area (Å²) in [4.78, 5) is 12.1. The third-order valence-electron chi connectivity index (χ3n) is 2.89.